The van der Waals surface area contributed by atoms with Gasteiger partial charge in [0.15, 0.2) is 6.10 Å². The van der Waals surface area contributed by atoms with E-state index < -0.39 is 0 Å². The lowest BCUT2D eigenvalue weighted by Gasteiger charge is -2.62. The number of hydrogen-bond acceptors (Lipinski definition) is 4. The van der Waals surface area contributed by atoms with Gasteiger partial charge in [-0.05, 0) is 79.6 Å². The molecule has 0 N–H and O–H groups in total. The molecule has 6 aliphatic rings. The maximum Gasteiger partial charge on any atom is 0.303 e. The van der Waals surface area contributed by atoms with Gasteiger partial charge in [-0.3, -0.25) is 9.69 Å². The first kappa shape index (κ1) is 27.3. The summed E-state index contributed by atoms with van der Waals surface area (Å²) in [6.07, 6.45) is 14.2. The topological polar surface area (TPSA) is 38.8 Å². The zero-order chi connectivity index (χ0) is 26.7. The standard InChI is InChI=1S/C33H55N2O3/c1-6-15-35(16-7-8-17-35)30-21-28-26-10-9-25-20-23(2)29(34-13-18-37-19-14-34)22-33(25,5)27(26)11-12-32(28,4)31(30)38-24(3)36/h6,23,25-31H,1,7-22H2,2-5H3/q+1/t23-,25-,26?,27?,28?,29-,30-,31-,32-,33-/m0/s1. The normalized spacial score (nSPS) is 48.5. The number of rotatable bonds is 5. The number of carbonyl (C=O) groups is 1. The number of nitrogens with zero attached hydrogens (tertiary/aromatic N) is 2. The van der Waals surface area contributed by atoms with Crippen molar-refractivity contribution >= 4 is 5.97 Å². The Morgan fingerprint density at radius 2 is 1.82 bits per heavy atom. The predicted octanol–water partition coefficient (Wildman–Crippen LogP) is 5.68. The second-order valence-electron chi connectivity index (χ2n) is 15.0. The maximum atomic E-state index is 12.5. The molecule has 2 heterocycles. The Hall–Kier alpha value is -0.910. The van der Waals surface area contributed by atoms with Crippen molar-refractivity contribution in [1.82, 2.24) is 4.90 Å². The van der Waals surface area contributed by atoms with Gasteiger partial charge in [0, 0.05) is 50.7 Å². The third-order valence-corrected chi connectivity index (χ3v) is 13.4. The summed E-state index contributed by atoms with van der Waals surface area (Å²) in [7, 11) is 0. The first-order valence-corrected chi connectivity index (χ1v) is 16.2. The molecule has 6 fully saturated rings. The summed E-state index contributed by atoms with van der Waals surface area (Å²) in [4.78, 5) is 15.3. The molecule has 214 valence electrons. The Kier molecular flexibility index (Phi) is 7.30. The van der Waals surface area contributed by atoms with Gasteiger partial charge >= 0.3 is 5.97 Å². The molecule has 3 unspecified atom stereocenters. The molecule has 2 aliphatic heterocycles. The highest BCUT2D eigenvalue weighted by Crippen LogP contribution is 2.68. The van der Waals surface area contributed by atoms with Gasteiger partial charge in [0.2, 0.25) is 0 Å². The van der Waals surface area contributed by atoms with Crippen LogP contribution in [0.1, 0.15) is 85.5 Å². The highest BCUT2D eigenvalue weighted by Gasteiger charge is 2.67. The lowest BCUT2D eigenvalue weighted by Crippen LogP contribution is -2.60. The number of likely N-dealkylation sites (tertiary alicyclic amines) is 1. The summed E-state index contributed by atoms with van der Waals surface area (Å²) in [6, 6.07) is 1.15. The Bertz CT molecular complexity index is 895. The number of morpholine rings is 1. The summed E-state index contributed by atoms with van der Waals surface area (Å²) in [5.41, 5.74) is 0.553. The second kappa shape index (κ2) is 10.2. The van der Waals surface area contributed by atoms with Gasteiger partial charge in [0.05, 0.1) is 32.8 Å². The lowest BCUT2D eigenvalue weighted by molar-refractivity contribution is -0.937. The van der Waals surface area contributed by atoms with E-state index in [0.717, 1.165) is 61.0 Å². The third-order valence-electron chi connectivity index (χ3n) is 13.4. The van der Waals surface area contributed by atoms with Crippen LogP contribution < -0.4 is 0 Å². The molecule has 5 heteroatoms. The van der Waals surface area contributed by atoms with Gasteiger partial charge in [-0.1, -0.05) is 27.4 Å². The maximum absolute atomic E-state index is 12.5. The van der Waals surface area contributed by atoms with E-state index in [2.05, 4.69) is 38.3 Å². The Morgan fingerprint density at radius 1 is 1.08 bits per heavy atom. The van der Waals surface area contributed by atoms with Crippen LogP contribution in [0, 0.1) is 40.4 Å². The van der Waals surface area contributed by atoms with Crippen molar-refractivity contribution in [2.24, 2.45) is 40.4 Å². The molecule has 10 atom stereocenters. The van der Waals surface area contributed by atoms with E-state index in [9.17, 15) is 4.79 Å². The number of ether oxygens (including phenoxy) is 2. The number of fused-ring (bicyclic) bond motifs is 5. The molecule has 0 spiro atoms. The highest BCUT2D eigenvalue weighted by molar-refractivity contribution is 5.66. The monoisotopic (exact) mass is 527 g/mol. The van der Waals surface area contributed by atoms with E-state index in [1.165, 1.54) is 70.9 Å². The zero-order valence-corrected chi connectivity index (χ0v) is 24.8. The molecule has 4 saturated carbocycles. The molecule has 6 rings (SSSR count). The number of esters is 1. The summed E-state index contributed by atoms with van der Waals surface area (Å²) < 4.78 is 13.2. The molecule has 0 aromatic rings. The van der Waals surface area contributed by atoms with Gasteiger partial charge in [-0.25, -0.2) is 0 Å². The van der Waals surface area contributed by atoms with E-state index in [1.54, 1.807) is 6.92 Å². The van der Waals surface area contributed by atoms with Crippen molar-refractivity contribution in [2.45, 2.75) is 104 Å². The Morgan fingerprint density at radius 3 is 2.50 bits per heavy atom. The van der Waals surface area contributed by atoms with E-state index in [-0.39, 0.29) is 17.5 Å². The summed E-state index contributed by atoms with van der Waals surface area (Å²) in [6.45, 7) is 21.1. The number of quaternary nitrogens is 1. The van der Waals surface area contributed by atoms with Crippen molar-refractivity contribution in [3.8, 4) is 0 Å². The molecule has 5 nitrogen and oxygen atoms in total. The molecular weight excluding hydrogens is 472 g/mol. The minimum absolute atomic E-state index is 0.0574. The molecule has 0 amide bonds. The minimum Gasteiger partial charge on any atom is -0.456 e. The smallest absolute Gasteiger partial charge is 0.303 e. The fourth-order valence-corrected chi connectivity index (χ4v) is 11.6. The van der Waals surface area contributed by atoms with Crippen molar-refractivity contribution in [1.29, 1.82) is 0 Å². The molecule has 0 radical (unpaired) electrons. The molecule has 38 heavy (non-hydrogen) atoms. The van der Waals surface area contributed by atoms with E-state index in [0.29, 0.717) is 23.4 Å². The molecule has 0 bridgehead atoms. The summed E-state index contributed by atoms with van der Waals surface area (Å²) >= 11 is 0. The van der Waals surface area contributed by atoms with E-state index in [4.69, 9.17) is 9.47 Å². The van der Waals surface area contributed by atoms with Crippen LogP contribution in [0.2, 0.25) is 0 Å². The molecule has 0 aromatic heterocycles. The van der Waals surface area contributed by atoms with Crippen LogP contribution in [0.4, 0.5) is 0 Å². The van der Waals surface area contributed by atoms with Crippen LogP contribution in [0.15, 0.2) is 12.7 Å². The van der Waals surface area contributed by atoms with E-state index in [1.807, 2.05) is 0 Å². The van der Waals surface area contributed by atoms with Gasteiger partial charge in [0.25, 0.3) is 0 Å². The van der Waals surface area contributed by atoms with Gasteiger partial charge in [-0.15, -0.1) is 0 Å². The van der Waals surface area contributed by atoms with Crippen molar-refractivity contribution < 1.29 is 18.8 Å². The van der Waals surface area contributed by atoms with E-state index >= 15 is 0 Å². The number of carbonyl (C=O) groups excluding carboxylic acids is 1. The van der Waals surface area contributed by atoms with Gasteiger partial charge < -0.3 is 14.0 Å². The third kappa shape index (κ3) is 4.24. The predicted molar refractivity (Wildman–Crippen MR) is 151 cm³/mol. The zero-order valence-electron chi connectivity index (χ0n) is 24.8. The summed E-state index contributed by atoms with van der Waals surface area (Å²) in [5.74, 6) is 3.86. The quantitative estimate of drug-likeness (QED) is 0.262. The molecule has 0 aromatic carbocycles. The summed E-state index contributed by atoms with van der Waals surface area (Å²) in [5, 5.41) is 0. The van der Waals surface area contributed by atoms with Gasteiger partial charge in [-0.2, -0.15) is 0 Å². The Labute approximate surface area is 232 Å². The lowest BCUT2D eigenvalue weighted by atomic mass is 9.44. The van der Waals surface area contributed by atoms with Crippen LogP contribution in [0.3, 0.4) is 0 Å². The largest absolute Gasteiger partial charge is 0.456 e. The minimum atomic E-state index is -0.0785. The fourth-order valence-electron chi connectivity index (χ4n) is 11.6. The first-order chi connectivity index (χ1) is 18.2. The highest BCUT2D eigenvalue weighted by atomic mass is 16.5. The molecule has 2 saturated heterocycles. The van der Waals surface area contributed by atoms with Crippen LogP contribution >= 0.6 is 0 Å². The SMILES string of the molecule is C=CC[N+]1([C@H]2CC3C4CC[C@H]5C[C@H](C)[C@@H](N6CCOCC6)C[C@]5(C)C4CC[C@]3(C)[C@H]2OC(C)=O)CCCC1. The van der Waals surface area contributed by atoms with Crippen molar-refractivity contribution in [3.63, 3.8) is 0 Å². The molecular formula is C33H55N2O3+. The van der Waals surface area contributed by atoms with Crippen LogP contribution in [-0.4, -0.2) is 79.5 Å². The molecule has 4 aliphatic carbocycles. The van der Waals surface area contributed by atoms with Crippen molar-refractivity contribution in [2.75, 3.05) is 45.9 Å². The van der Waals surface area contributed by atoms with Crippen molar-refractivity contribution in [3.05, 3.63) is 12.7 Å². The van der Waals surface area contributed by atoms with Crippen LogP contribution in [0.5, 0.6) is 0 Å². The second-order valence-corrected chi connectivity index (χ2v) is 15.0. The van der Waals surface area contributed by atoms with Crippen LogP contribution in [0.25, 0.3) is 0 Å². The number of hydrogen-bond donors (Lipinski definition) is 0. The average Bonchev–Trinajstić information content (AvgIpc) is 3.48. The average molecular weight is 528 g/mol. The first-order valence-electron chi connectivity index (χ1n) is 16.2. The van der Waals surface area contributed by atoms with Crippen LogP contribution in [-0.2, 0) is 14.3 Å². The fraction of sp³-hybridized carbons (Fsp3) is 0.909. The Balaban J connectivity index is 1.30. The van der Waals surface area contributed by atoms with Gasteiger partial charge in [0.1, 0.15) is 6.04 Å².